The average molecular weight is 360 g/mol. The Morgan fingerprint density at radius 3 is 2.42 bits per heavy atom. The van der Waals surface area contributed by atoms with Crippen LogP contribution in [0.2, 0.25) is 5.02 Å². The zero-order valence-electron chi connectivity index (χ0n) is 12.6. The second-order valence-corrected chi connectivity index (χ2v) is 6.66. The van der Waals surface area contributed by atoms with Crippen LogP contribution >= 0.6 is 23.4 Å². The molecule has 3 rings (SSSR count). The lowest BCUT2D eigenvalue weighted by molar-refractivity contribution is -0.132. The maximum atomic E-state index is 12.3. The molecule has 2 aromatic carbocycles. The smallest absolute Gasteiger partial charge is 0.332 e. The van der Waals surface area contributed by atoms with Gasteiger partial charge in [0.1, 0.15) is 0 Å². The molecular weight excluding hydrogens is 346 g/mol. The zero-order valence-corrected chi connectivity index (χ0v) is 14.2. The van der Waals surface area contributed by atoms with Gasteiger partial charge in [0.05, 0.1) is 10.6 Å². The number of nitrogens with one attached hydrogen (secondary N) is 1. The Balaban J connectivity index is 1.82. The van der Waals surface area contributed by atoms with Gasteiger partial charge >= 0.3 is 5.97 Å². The number of aliphatic carboxylic acids is 1. The highest BCUT2D eigenvalue weighted by Crippen LogP contribution is 2.31. The first-order valence-electron chi connectivity index (χ1n) is 7.25. The first-order chi connectivity index (χ1) is 11.6. The van der Waals surface area contributed by atoms with Crippen molar-refractivity contribution in [3.05, 3.63) is 64.7 Å². The summed E-state index contributed by atoms with van der Waals surface area (Å²) in [7, 11) is 0. The quantitative estimate of drug-likeness (QED) is 0.863. The predicted molar refractivity (Wildman–Crippen MR) is 97.5 cm³/mol. The molecular formula is C18H14ClNO3S. The summed E-state index contributed by atoms with van der Waals surface area (Å²) in [5, 5.41) is 12.4. The van der Waals surface area contributed by atoms with Gasteiger partial charge in [0.25, 0.3) is 5.91 Å². The van der Waals surface area contributed by atoms with Gasteiger partial charge in [0, 0.05) is 28.3 Å². The van der Waals surface area contributed by atoms with Crippen LogP contribution < -0.4 is 5.32 Å². The molecule has 0 bridgehead atoms. The molecule has 1 aliphatic rings. The first kappa shape index (κ1) is 16.6. The number of carbonyl (C=O) groups excluding carboxylic acids is 1. The van der Waals surface area contributed by atoms with Gasteiger partial charge in [0.2, 0.25) is 0 Å². The second-order valence-electron chi connectivity index (χ2n) is 5.27. The van der Waals surface area contributed by atoms with Gasteiger partial charge in [-0.2, -0.15) is 11.8 Å². The molecule has 0 saturated heterocycles. The summed E-state index contributed by atoms with van der Waals surface area (Å²) in [6.07, 6.45) is 0. The van der Waals surface area contributed by atoms with Crippen molar-refractivity contribution in [3.8, 4) is 11.1 Å². The molecule has 0 fully saturated rings. The number of carbonyl (C=O) groups is 2. The molecule has 1 heterocycles. The highest BCUT2D eigenvalue weighted by molar-refractivity contribution is 8.00. The molecule has 4 nitrogen and oxygen atoms in total. The minimum absolute atomic E-state index is 0.171. The van der Waals surface area contributed by atoms with Crippen molar-refractivity contribution in [2.24, 2.45) is 0 Å². The van der Waals surface area contributed by atoms with E-state index in [2.05, 4.69) is 5.32 Å². The van der Waals surface area contributed by atoms with E-state index in [1.807, 2.05) is 36.4 Å². The van der Waals surface area contributed by atoms with Gasteiger partial charge in [-0.25, -0.2) is 4.79 Å². The van der Waals surface area contributed by atoms with E-state index >= 15 is 0 Å². The number of anilines is 1. The lowest BCUT2D eigenvalue weighted by Crippen LogP contribution is -2.18. The number of hydrogen-bond donors (Lipinski definition) is 2. The van der Waals surface area contributed by atoms with Crippen molar-refractivity contribution < 1.29 is 14.7 Å². The van der Waals surface area contributed by atoms with Gasteiger partial charge in [-0.05, 0) is 17.7 Å². The molecule has 6 heteroatoms. The maximum absolute atomic E-state index is 12.3. The summed E-state index contributed by atoms with van der Waals surface area (Å²) in [5.74, 6) is -0.668. The Hall–Kier alpha value is -2.24. The van der Waals surface area contributed by atoms with Crippen molar-refractivity contribution in [3.63, 3.8) is 0 Å². The number of amides is 1. The van der Waals surface area contributed by atoms with E-state index in [4.69, 9.17) is 16.7 Å². The number of benzene rings is 2. The fourth-order valence-corrected chi connectivity index (χ4v) is 3.88. The van der Waals surface area contributed by atoms with E-state index in [-0.39, 0.29) is 11.5 Å². The molecule has 0 atom stereocenters. The van der Waals surface area contributed by atoms with Crippen molar-refractivity contribution in [1.29, 1.82) is 0 Å². The molecule has 0 spiro atoms. The summed E-state index contributed by atoms with van der Waals surface area (Å²) < 4.78 is 0. The Kier molecular flexibility index (Phi) is 4.92. The molecule has 24 heavy (non-hydrogen) atoms. The molecule has 0 unspecified atom stereocenters. The number of carboxylic acids is 1. The van der Waals surface area contributed by atoms with Crippen molar-refractivity contribution in [2.45, 2.75) is 0 Å². The Labute approximate surface area is 148 Å². The summed E-state index contributed by atoms with van der Waals surface area (Å²) in [5.41, 5.74) is 2.89. The van der Waals surface area contributed by atoms with Gasteiger partial charge in [-0.1, -0.05) is 48.0 Å². The number of hydrogen-bond acceptors (Lipinski definition) is 3. The fourth-order valence-electron chi connectivity index (χ4n) is 2.47. The van der Waals surface area contributed by atoms with Gasteiger partial charge in [-0.15, -0.1) is 0 Å². The van der Waals surface area contributed by atoms with Gasteiger partial charge < -0.3 is 10.4 Å². The fraction of sp³-hybridized carbons (Fsp3) is 0.111. The molecule has 0 aliphatic carbocycles. The Morgan fingerprint density at radius 1 is 1.04 bits per heavy atom. The van der Waals surface area contributed by atoms with E-state index in [1.54, 1.807) is 12.1 Å². The molecule has 0 radical (unpaired) electrons. The van der Waals surface area contributed by atoms with Crippen LogP contribution in [-0.2, 0) is 9.59 Å². The third-order valence-electron chi connectivity index (χ3n) is 3.70. The van der Waals surface area contributed by atoms with Crippen LogP contribution in [-0.4, -0.2) is 28.5 Å². The molecule has 1 aliphatic heterocycles. The minimum Gasteiger partial charge on any atom is -0.478 e. The normalized spacial score (nSPS) is 13.9. The highest BCUT2D eigenvalue weighted by atomic mass is 35.5. The highest BCUT2D eigenvalue weighted by Gasteiger charge is 2.25. The Morgan fingerprint density at radius 2 is 1.75 bits per heavy atom. The molecule has 2 N–H and O–H groups in total. The van der Waals surface area contributed by atoms with Crippen LogP contribution in [0.3, 0.4) is 0 Å². The maximum Gasteiger partial charge on any atom is 0.332 e. The van der Waals surface area contributed by atoms with Crippen molar-refractivity contribution in [1.82, 2.24) is 0 Å². The van der Waals surface area contributed by atoms with Crippen molar-refractivity contribution >= 4 is 40.9 Å². The van der Waals surface area contributed by atoms with E-state index in [0.717, 1.165) is 11.1 Å². The average Bonchev–Trinajstić information content (AvgIpc) is 3.06. The van der Waals surface area contributed by atoms with Crippen LogP contribution in [0.25, 0.3) is 11.1 Å². The van der Waals surface area contributed by atoms with E-state index in [1.165, 1.54) is 11.8 Å². The number of rotatable bonds is 4. The lowest BCUT2D eigenvalue weighted by atomic mass is 10.1. The second kappa shape index (κ2) is 7.11. The van der Waals surface area contributed by atoms with Gasteiger partial charge in [0.15, 0.2) is 0 Å². The summed E-state index contributed by atoms with van der Waals surface area (Å²) >= 11 is 7.74. The largest absolute Gasteiger partial charge is 0.478 e. The van der Waals surface area contributed by atoms with Gasteiger partial charge in [-0.3, -0.25) is 4.79 Å². The van der Waals surface area contributed by atoms with Crippen LogP contribution in [0.5, 0.6) is 0 Å². The van der Waals surface area contributed by atoms with Crippen LogP contribution in [0.15, 0.2) is 59.7 Å². The van der Waals surface area contributed by atoms with E-state index in [0.29, 0.717) is 27.8 Å². The lowest BCUT2D eigenvalue weighted by Gasteiger charge is -2.10. The SMILES string of the molecule is O=C(O)C1=C(C(=O)Nc2ccc(-c3ccccc3)c(Cl)c2)CSC1. The summed E-state index contributed by atoms with van der Waals surface area (Å²) in [6, 6.07) is 15.0. The van der Waals surface area contributed by atoms with E-state index in [9.17, 15) is 9.59 Å². The minimum atomic E-state index is -1.04. The summed E-state index contributed by atoms with van der Waals surface area (Å²) in [6.45, 7) is 0. The summed E-state index contributed by atoms with van der Waals surface area (Å²) in [4.78, 5) is 23.5. The zero-order chi connectivity index (χ0) is 17.1. The van der Waals surface area contributed by atoms with E-state index < -0.39 is 5.97 Å². The number of halogens is 1. The van der Waals surface area contributed by atoms with Crippen LogP contribution in [0.1, 0.15) is 0 Å². The van der Waals surface area contributed by atoms with Crippen LogP contribution in [0.4, 0.5) is 5.69 Å². The molecule has 2 aromatic rings. The molecule has 1 amide bonds. The number of thioether (sulfide) groups is 1. The molecule has 0 aromatic heterocycles. The molecule has 122 valence electrons. The third kappa shape index (κ3) is 3.47. The van der Waals surface area contributed by atoms with Crippen LogP contribution in [0, 0.1) is 0 Å². The topological polar surface area (TPSA) is 66.4 Å². The standard InChI is InChI=1S/C18H14ClNO3S/c19-16-8-12(6-7-13(16)11-4-2-1-3-5-11)20-17(21)14-9-24-10-15(14)18(22)23/h1-8H,9-10H2,(H,20,21)(H,22,23). The third-order valence-corrected chi connectivity index (χ3v) is 5.00. The number of carboxylic acid groups (broad SMARTS) is 1. The van der Waals surface area contributed by atoms with Crippen molar-refractivity contribution in [2.75, 3.05) is 16.8 Å². The predicted octanol–water partition coefficient (Wildman–Crippen LogP) is 4.07. The monoisotopic (exact) mass is 359 g/mol. The molecule has 0 saturated carbocycles. The Bertz CT molecular complexity index is 833. The first-order valence-corrected chi connectivity index (χ1v) is 8.79.